The zero-order valence-corrected chi connectivity index (χ0v) is 14.1. The van der Waals surface area contributed by atoms with Crippen molar-refractivity contribution in [2.75, 3.05) is 13.2 Å². The Morgan fingerprint density at radius 1 is 0.920 bits per heavy atom. The van der Waals surface area contributed by atoms with Crippen LogP contribution in [0.2, 0.25) is 0 Å². The number of benzene rings is 3. The number of aromatic nitrogens is 2. The Kier molecular flexibility index (Phi) is 4.36. The van der Waals surface area contributed by atoms with E-state index in [1.54, 1.807) is 0 Å². The third-order valence-corrected chi connectivity index (χ3v) is 4.42. The minimum absolute atomic E-state index is 0.589. The molecule has 0 bridgehead atoms. The molecular weight excluding hydrogens is 310 g/mol. The third kappa shape index (κ3) is 3.08. The molecule has 0 atom stereocenters. The van der Waals surface area contributed by atoms with Gasteiger partial charge in [-0.15, -0.1) is 0 Å². The number of imidazole rings is 1. The van der Waals surface area contributed by atoms with E-state index in [2.05, 4.69) is 28.8 Å². The van der Waals surface area contributed by atoms with Gasteiger partial charge in [0, 0.05) is 11.8 Å². The Hall–Kier alpha value is -2.85. The average molecular weight is 331 g/mol. The number of hydrogen-bond donors (Lipinski definition) is 1. The first-order valence-electron chi connectivity index (χ1n) is 8.61. The van der Waals surface area contributed by atoms with Crippen LogP contribution in [0.25, 0.3) is 21.8 Å². The highest BCUT2D eigenvalue weighted by atomic mass is 16.5. The number of nitrogens with two attached hydrogens (primary N) is 1. The number of para-hydroxylation sites is 2. The van der Waals surface area contributed by atoms with Gasteiger partial charge in [0.15, 0.2) is 0 Å². The van der Waals surface area contributed by atoms with E-state index >= 15 is 0 Å². The van der Waals surface area contributed by atoms with Crippen LogP contribution in [-0.4, -0.2) is 22.7 Å². The molecule has 1 heterocycles. The van der Waals surface area contributed by atoms with Gasteiger partial charge in [-0.2, -0.15) is 0 Å². The van der Waals surface area contributed by atoms with E-state index < -0.39 is 0 Å². The fraction of sp³-hybridized carbons (Fsp3) is 0.190. The first kappa shape index (κ1) is 15.7. The molecule has 0 amide bonds. The summed E-state index contributed by atoms with van der Waals surface area (Å²) in [5, 5.41) is 2.33. The molecule has 25 heavy (non-hydrogen) atoms. The first-order chi connectivity index (χ1) is 12.4. The average Bonchev–Trinajstić information content (AvgIpc) is 3.00. The molecule has 4 aromatic rings. The maximum absolute atomic E-state index is 6.09. The van der Waals surface area contributed by atoms with Crippen LogP contribution in [0.5, 0.6) is 5.75 Å². The van der Waals surface area contributed by atoms with Gasteiger partial charge in [0.25, 0.3) is 0 Å². The van der Waals surface area contributed by atoms with Crippen LogP contribution in [0.1, 0.15) is 5.82 Å². The molecule has 0 aliphatic rings. The van der Waals surface area contributed by atoms with Crippen molar-refractivity contribution in [1.82, 2.24) is 9.55 Å². The minimum Gasteiger partial charge on any atom is -0.491 e. The number of hydrogen-bond acceptors (Lipinski definition) is 3. The van der Waals surface area contributed by atoms with Crippen molar-refractivity contribution in [3.8, 4) is 5.75 Å². The van der Waals surface area contributed by atoms with E-state index in [9.17, 15) is 0 Å². The molecule has 0 unspecified atom stereocenters. The lowest BCUT2D eigenvalue weighted by Crippen LogP contribution is -2.14. The van der Waals surface area contributed by atoms with Crippen molar-refractivity contribution in [3.63, 3.8) is 0 Å². The van der Waals surface area contributed by atoms with Crippen molar-refractivity contribution < 1.29 is 4.74 Å². The summed E-state index contributed by atoms with van der Waals surface area (Å²) in [5.74, 6) is 1.94. The maximum atomic E-state index is 6.09. The molecule has 0 saturated carbocycles. The lowest BCUT2D eigenvalue weighted by molar-refractivity contribution is 0.301. The fourth-order valence-corrected chi connectivity index (χ4v) is 3.26. The second-order valence-electron chi connectivity index (χ2n) is 6.03. The fourth-order valence-electron chi connectivity index (χ4n) is 3.26. The van der Waals surface area contributed by atoms with Crippen LogP contribution in [0.3, 0.4) is 0 Å². The highest BCUT2D eigenvalue weighted by Gasteiger charge is 2.10. The normalized spacial score (nSPS) is 11.2. The first-order valence-corrected chi connectivity index (χ1v) is 8.61. The van der Waals surface area contributed by atoms with Crippen molar-refractivity contribution in [2.24, 2.45) is 5.73 Å². The summed E-state index contributed by atoms with van der Waals surface area (Å²) in [5.41, 5.74) is 7.89. The van der Waals surface area contributed by atoms with Crippen molar-refractivity contribution in [1.29, 1.82) is 0 Å². The lowest BCUT2D eigenvalue weighted by atomic mass is 10.1. The quantitative estimate of drug-likeness (QED) is 0.585. The van der Waals surface area contributed by atoms with Crippen molar-refractivity contribution >= 4 is 21.8 Å². The number of fused-ring (bicyclic) bond motifs is 2. The maximum Gasteiger partial charge on any atom is 0.127 e. The summed E-state index contributed by atoms with van der Waals surface area (Å²) >= 11 is 0. The number of rotatable bonds is 6. The van der Waals surface area contributed by atoms with E-state index in [-0.39, 0.29) is 0 Å². The molecule has 0 spiro atoms. The van der Waals surface area contributed by atoms with E-state index in [1.807, 2.05) is 42.5 Å². The molecule has 126 valence electrons. The van der Waals surface area contributed by atoms with E-state index in [0.717, 1.165) is 41.0 Å². The molecule has 4 nitrogen and oxygen atoms in total. The van der Waals surface area contributed by atoms with Crippen molar-refractivity contribution in [3.05, 3.63) is 72.6 Å². The van der Waals surface area contributed by atoms with Crippen LogP contribution in [-0.2, 0) is 13.0 Å². The Bertz CT molecular complexity index is 1000. The van der Waals surface area contributed by atoms with E-state index in [1.165, 1.54) is 5.39 Å². The molecule has 4 rings (SSSR count). The topological polar surface area (TPSA) is 53.1 Å². The molecule has 1 aromatic heterocycles. The number of ether oxygens (including phenoxy) is 1. The summed E-state index contributed by atoms with van der Waals surface area (Å²) in [7, 11) is 0. The van der Waals surface area contributed by atoms with Crippen LogP contribution in [0, 0.1) is 0 Å². The molecule has 0 aliphatic carbocycles. The van der Waals surface area contributed by atoms with Gasteiger partial charge >= 0.3 is 0 Å². The molecule has 4 heteroatoms. The van der Waals surface area contributed by atoms with Crippen LogP contribution in [0.4, 0.5) is 0 Å². The molecule has 2 N–H and O–H groups in total. The van der Waals surface area contributed by atoms with Crippen LogP contribution in [0.15, 0.2) is 66.7 Å². The largest absolute Gasteiger partial charge is 0.491 e. The Labute approximate surface area is 146 Å². The van der Waals surface area contributed by atoms with E-state index in [0.29, 0.717) is 13.2 Å². The predicted octanol–water partition coefficient (Wildman–Crippen LogP) is 3.77. The van der Waals surface area contributed by atoms with Gasteiger partial charge in [-0.25, -0.2) is 4.98 Å². The summed E-state index contributed by atoms with van der Waals surface area (Å²) < 4.78 is 8.31. The molecular formula is C21H21N3O. The standard InChI is InChI=1S/C21H21N3O/c22-13-12-21-23-18-9-3-4-10-19(18)24(21)14-15-25-20-11-5-7-16-6-1-2-8-17(16)20/h1-11H,12-15,22H2. The van der Waals surface area contributed by atoms with Gasteiger partial charge in [0.05, 0.1) is 17.6 Å². The van der Waals surface area contributed by atoms with Gasteiger partial charge < -0.3 is 15.0 Å². The van der Waals surface area contributed by atoms with Gasteiger partial charge in [-0.1, -0.05) is 48.5 Å². The monoisotopic (exact) mass is 331 g/mol. The van der Waals surface area contributed by atoms with Crippen LogP contribution < -0.4 is 10.5 Å². The molecule has 0 aliphatic heterocycles. The Morgan fingerprint density at radius 2 is 1.72 bits per heavy atom. The van der Waals surface area contributed by atoms with Crippen molar-refractivity contribution in [2.45, 2.75) is 13.0 Å². The SMILES string of the molecule is NCCc1nc2ccccc2n1CCOc1cccc2ccccc12. The third-order valence-electron chi connectivity index (χ3n) is 4.42. The molecule has 0 fully saturated rings. The Morgan fingerprint density at radius 3 is 2.64 bits per heavy atom. The lowest BCUT2D eigenvalue weighted by Gasteiger charge is -2.12. The van der Waals surface area contributed by atoms with Gasteiger partial charge in [0.1, 0.15) is 18.2 Å². The highest BCUT2D eigenvalue weighted by molar-refractivity contribution is 5.88. The minimum atomic E-state index is 0.589. The smallest absolute Gasteiger partial charge is 0.127 e. The van der Waals surface area contributed by atoms with Gasteiger partial charge in [0.2, 0.25) is 0 Å². The summed E-state index contributed by atoms with van der Waals surface area (Å²) in [6.45, 7) is 1.93. The van der Waals surface area contributed by atoms with Gasteiger partial charge in [-0.05, 0) is 30.1 Å². The summed E-state index contributed by atoms with van der Waals surface area (Å²) in [6.07, 6.45) is 0.767. The summed E-state index contributed by atoms with van der Waals surface area (Å²) in [6, 6.07) is 22.6. The molecule has 0 radical (unpaired) electrons. The molecule has 0 saturated heterocycles. The zero-order chi connectivity index (χ0) is 17.1. The summed E-state index contributed by atoms with van der Waals surface area (Å²) in [4.78, 5) is 4.71. The Balaban J connectivity index is 1.57. The van der Waals surface area contributed by atoms with Gasteiger partial charge in [-0.3, -0.25) is 0 Å². The molecule has 3 aromatic carbocycles. The predicted molar refractivity (Wildman–Crippen MR) is 102 cm³/mol. The second kappa shape index (κ2) is 6.95. The second-order valence-corrected chi connectivity index (χ2v) is 6.03. The number of nitrogens with zero attached hydrogens (tertiary/aromatic N) is 2. The zero-order valence-electron chi connectivity index (χ0n) is 14.1. The van der Waals surface area contributed by atoms with E-state index in [4.69, 9.17) is 15.5 Å². The highest BCUT2D eigenvalue weighted by Crippen LogP contribution is 2.25. The van der Waals surface area contributed by atoms with Crippen LogP contribution >= 0.6 is 0 Å².